The first kappa shape index (κ1) is 17.7. The van der Waals surface area contributed by atoms with Crippen molar-refractivity contribution in [1.82, 2.24) is 19.8 Å². The Labute approximate surface area is 157 Å². The van der Waals surface area contributed by atoms with Crippen molar-refractivity contribution in [1.29, 1.82) is 0 Å². The van der Waals surface area contributed by atoms with Crippen LogP contribution in [0.25, 0.3) is 10.2 Å². The van der Waals surface area contributed by atoms with Crippen LogP contribution in [-0.4, -0.2) is 46.5 Å². The fourth-order valence-corrected chi connectivity index (χ4v) is 5.24. The maximum atomic E-state index is 12.7. The summed E-state index contributed by atoms with van der Waals surface area (Å²) in [4.78, 5) is 33.6. The van der Waals surface area contributed by atoms with Crippen LogP contribution in [0.15, 0.2) is 11.1 Å². The summed E-state index contributed by atoms with van der Waals surface area (Å²) in [7, 11) is 0. The number of fused-ring (bicyclic) bond motifs is 1. The second-order valence-electron chi connectivity index (χ2n) is 7.76. The summed E-state index contributed by atoms with van der Waals surface area (Å²) in [6.45, 7) is 8.26. The Hall–Kier alpha value is -1.73. The van der Waals surface area contributed by atoms with Gasteiger partial charge in [0, 0.05) is 37.5 Å². The lowest BCUT2D eigenvalue weighted by Gasteiger charge is -2.39. The van der Waals surface area contributed by atoms with E-state index in [4.69, 9.17) is 0 Å². The quantitative estimate of drug-likeness (QED) is 0.893. The largest absolute Gasteiger partial charge is 0.343 e. The molecule has 1 N–H and O–H groups in total. The van der Waals surface area contributed by atoms with Gasteiger partial charge in [-0.05, 0) is 50.6 Å². The number of carbonyl (C=O) groups is 1. The summed E-state index contributed by atoms with van der Waals surface area (Å²) in [5.74, 6) is 0.149. The van der Waals surface area contributed by atoms with Crippen molar-refractivity contribution >= 4 is 27.5 Å². The predicted molar refractivity (Wildman–Crippen MR) is 104 cm³/mol. The minimum atomic E-state index is -0.0284. The highest BCUT2D eigenvalue weighted by Crippen LogP contribution is 2.37. The van der Waals surface area contributed by atoms with Gasteiger partial charge in [0.25, 0.3) is 5.56 Å². The monoisotopic (exact) mass is 374 g/mol. The molecule has 2 aromatic heterocycles. The second kappa shape index (κ2) is 6.78. The van der Waals surface area contributed by atoms with Crippen molar-refractivity contribution in [3.8, 4) is 0 Å². The molecule has 0 aromatic carbocycles. The van der Waals surface area contributed by atoms with E-state index in [1.807, 2.05) is 18.7 Å². The Morgan fingerprint density at radius 2 is 2.08 bits per heavy atom. The molecule has 1 amide bonds. The Kier molecular flexibility index (Phi) is 4.61. The molecule has 0 unspecified atom stereocenters. The minimum Gasteiger partial charge on any atom is -0.343 e. The predicted octanol–water partition coefficient (Wildman–Crippen LogP) is 2.07. The maximum absolute atomic E-state index is 12.7. The van der Waals surface area contributed by atoms with E-state index in [9.17, 15) is 9.59 Å². The lowest BCUT2D eigenvalue weighted by molar-refractivity contribution is -0.133. The lowest BCUT2D eigenvalue weighted by atomic mass is 9.78. The zero-order chi connectivity index (χ0) is 18.3. The molecule has 2 saturated heterocycles. The van der Waals surface area contributed by atoms with Crippen LogP contribution in [0, 0.1) is 19.3 Å². The third-order valence-electron chi connectivity index (χ3n) is 6.23. The molecule has 0 bridgehead atoms. The maximum Gasteiger partial charge on any atom is 0.262 e. The van der Waals surface area contributed by atoms with E-state index in [-0.39, 0.29) is 11.5 Å². The van der Waals surface area contributed by atoms with Gasteiger partial charge in [-0.3, -0.25) is 14.2 Å². The Bertz CT molecular complexity index is 885. The van der Waals surface area contributed by atoms with Crippen LogP contribution in [0.4, 0.5) is 0 Å². The van der Waals surface area contributed by atoms with Crippen molar-refractivity contribution in [2.75, 3.05) is 26.2 Å². The third-order valence-corrected chi connectivity index (χ3v) is 7.35. The van der Waals surface area contributed by atoms with E-state index in [0.717, 1.165) is 54.3 Å². The summed E-state index contributed by atoms with van der Waals surface area (Å²) in [6.07, 6.45) is 5.36. The molecule has 0 saturated carbocycles. The number of rotatable bonds is 3. The van der Waals surface area contributed by atoms with E-state index in [2.05, 4.69) is 10.3 Å². The van der Waals surface area contributed by atoms with E-state index in [1.54, 1.807) is 22.2 Å². The first-order valence-electron chi connectivity index (χ1n) is 9.43. The zero-order valence-electron chi connectivity index (χ0n) is 15.5. The lowest BCUT2D eigenvalue weighted by Crippen LogP contribution is -2.44. The van der Waals surface area contributed by atoms with Crippen LogP contribution in [0.1, 0.15) is 36.1 Å². The zero-order valence-corrected chi connectivity index (χ0v) is 16.3. The van der Waals surface area contributed by atoms with Gasteiger partial charge < -0.3 is 10.2 Å². The highest BCUT2D eigenvalue weighted by Gasteiger charge is 2.37. The van der Waals surface area contributed by atoms with Crippen LogP contribution < -0.4 is 10.9 Å². The highest BCUT2D eigenvalue weighted by atomic mass is 32.1. The molecule has 0 atom stereocenters. The molecule has 0 aliphatic carbocycles. The number of nitrogens with one attached hydrogen (secondary N) is 1. The number of thiophene rings is 1. The van der Waals surface area contributed by atoms with E-state index in [1.165, 1.54) is 6.42 Å². The number of hydrogen-bond donors (Lipinski definition) is 1. The van der Waals surface area contributed by atoms with Gasteiger partial charge in [0.05, 0.1) is 11.7 Å². The number of aromatic nitrogens is 2. The number of aryl methyl sites for hydroxylation is 3. The topological polar surface area (TPSA) is 67.2 Å². The number of nitrogens with zero attached hydrogens (tertiary/aromatic N) is 3. The average molecular weight is 375 g/mol. The van der Waals surface area contributed by atoms with Gasteiger partial charge >= 0.3 is 0 Å². The van der Waals surface area contributed by atoms with E-state index in [0.29, 0.717) is 23.8 Å². The molecule has 2 aliphatic heterocycles. The molecule has 0 radical (unpaired) electrons. The standard InChI is InChI=1S/C19H26N4O2S/c1-13-14(2)26-17-16(13)18(25)23(12-21-17)8-3-15(24)22-9-5-19(6-10-22)4-7-20-11-19/h12,20H,3-11H2,1-2H3. The van der Waals surface area contributed by atoms with Crippen molar-refractivity contribution in [2.24, 2.45) is 5.41 Å². The number of amides is 1. The third kappa shape index (κ3) is 3.07. The van der Waals surface area contributed by atoms with Gasteiger partial charge in [-0.15, -0.1) is 11.3 Å². The van der Waals surface area contributed by atoms with Crippen LogP contribution in [0.5, 0.6) is 0 Å². The normalized spacial score (nSPS) is 19.5. The van der Waals surface area contributed by atoms with E-state index >= 15 is 0 Å². The van der Waals surface area contributed by atoms with Gasteiger partial charge in [-0.2, -0.15) is 0 Å². The minimum absolute atomic E-state index is 0.0284. The molecule has 4 rings (SSSR count). The molecule has 2 fully saturated rings. The molecule has 2 aromatic rings. The molecule has 2 aliphatic rings. The Morgan fingerprint density at radius 3 is 2.77 bits per heavy atom. The molecular formula is C19H26N4O2S. The van der Waals surface area contributed by atoms with Crippen molar-refractivity contribution in [3.63, 3.8) is 0 Å². The molecule has 7 heteroatoms. The molecule has 4 heterocycles. The SMILES string of the molecule is Cc1sc2ncn(CCC(=O)N3CCC4(CCNC4)CC3)c(=O)c2c1C. The average Bonchev–Trinajstić information content (AvgIpc) is 3.20. The first-order chi connectivity index (χ1) is 12.5. The van der Waals surface area contributed by atoms with Crippen LogP contribution in [-0.2, 0) is 11.3 Å². The summed E-state index contributed by atoms with van der Waals surface area (Å²) < 4.78 is 1.59. The molecular weight excluding hydrogens is 348 g/mol. The van der Waals surface area contributed by atoms with Crippen molar-refractivity contribution in [3.05, 3.63) is 27.1 Å². The fourth-order valence-electron chi connectivity index (χ4n) is 4.26. The molecule has 26 heavy (non-hydrogen) atoms. The van der Waals surface area contributed by atoms with Gasteiger partial charge in [-0.1, -0.05) is 0 Å². The van der Waals surface area contributed by atoms with Gasteiger partial charge in [-0.25, -0.2) is 4.98 Å². The van der Waals surface area contributed by atoms with Crippen LogP contribution in [0.2, 0.25) is 0 Å². The highest BCUT2D eigenvalue weighted by molar-refractivity contribution is 7.18. The Balaban J connectivity index is 1.40. The fraction of sp³-hybridized carbons (Fsp3) is 0.632. The first-order valence-corrected chi connectivity index (χ1v) is 10.2. The van der Waals surface area contributed by atoms with Crippen molar-refractivity contribution < 1.29 is 4.79 Å². The van der Waals surface area contributed by atoms with Gasteiger partial charge in [0.2, 0.25) is 5.91 Å². The van der Waals surface area contributed by atoms with E-state index < -0.39 is 0 Å². The number of likely N-dealkylation sites (tertiary alicyclic amines) is 1. The molecule has 140 valence electrons. The summed E-state index contributed by atoms with van der Waals surface area (Å²) in [5, 5.41) is 4.16. The van der Waals surface area contributed by atoms with Crippen LogP contribution in [0.3, 0.4) is 0 Å². The Morgan fingerprint density at radius 1 is 1.31 bits per heavy atom. The number of hydrogen-bond acceptors (Lipinski definition) is 5. The summed E-state index contributed by atoms with van der Waals surface area (Å²) in [5.41, 5.74) is 1.39. The van der Waals surface area contributed by atoms with Gasteiger partial charge in [0.15, 0.2) is 0 Å². The van der Waals surface area contributed by atoms with Crippen molar-refractivity contribution in [2.45, 2.75) is 46.1 Å². The summed E-state index contributed by atoms with van der Waals surface area (Å²) in [6, 6.07) is 0. The smallest absolute Gasteiger partial charge is 0.262 e. The van der Waals surface area contributed by atoms with Gasteiger partial charge in [0.1, 0.15) is 4.83 Å². The second-order valence-corrected chi connectivity index (χ2v) is 8.97. The van der Waals surface area contributed by atoms with Crippen LogP contribution >= 0.6 is 11.3 Å². The molecule has 1 spiro atoms. The number of carbonyl (C=O) groups excluding carboxylic acids is 1. The summed E-state index contributed by atoms with van der Waals surface area (Å²) >= 11 is 1.55. The molecule has 6 nitrogen and oxygen atoms in total. The number of piperidine rings is 1.